The summed E-state index contributed by atoms with van der Waals surface area (Å²) in [6.07, 6.45) is 1.80. The molecule has 12 heteroatoms. The molecule has 12 nitrogen and oxygen atoms in total. The molecule has 0 aliphatic carbocycles. The molecule has 4 amide bonds. The lowest BCUT2D eigenvalue weighted by Crippen LogP contribution is -2.60. The molecular formula is C51H56N4O8. The van der Waals surface area contributed by atoms with Gasteiger partial charge in [0.15, 0.2) is 0 Å². The first-order valence-electron chi connectivity index (χ1n) is 21.0. The normalized spacial score (nSPS) is 12.9. The fourth-order valence-corrected chi connectivity index (χ4v) is 7.13. The molecule has 0 saturated heterocycles. The van der Waals surface area contributed by atoms with Gasteiger partial charge in [-0.05, 0) is 41.2 Å². The van der Waals surface area contributed by atoms with Gasteiger partial charge in [-0.25, -0.2) is 9.59 Å². The summed E-state index contributed by atoms with van der Waals surface area (Å²) in [5.41, 5.74) is 1.71. The Balaban J connectivity index is 1.40. The molecule has 5 aromatic rings. The Bertz CT molecular complexity index is 2160. The van der Waals surface area contributed by atoms with Crippen LogP contribution in [0.15, 0.2) is 164 Å². The van der Waals surface area contributed by atoms with E-state index in [1.165, 1.54) is 12.2 Å². The summed E-state index contributed by atoms with van der Waals surface area (Å²) < 4.78 is 10.5. The second kappa shape index (κ2) is 23.2. The molecule has 0 heterocycles. The van der Waals surface area contributed by atoms with Crippen LogP contribution in [0.2, 0.25) is 0 Å². The smallest absolute Gasteiger partial charge is 0.408 e. The van der Waals surface area contributed by atoms with E-state index in [9.17, 15) is 29.1 Å². The van der Waals surface area contributed by atoms with Crippen LogP contribution < -0.4 is 21.3 Å². The van der Waals surface area contributed by atoms with E-state index in [1.54, 1.807) is 57.2 Å². The summed E-state index contributed by atoms with van der Waals surface area (Å²) in [4.78, 5) is 68.4. The number of aliphatic hydroxyl groups is 1. The van der Waals surface area contributed by atoms with E-state index < -0.39 is 59.6 Å². The van der Waals surface area contributed by atoms with E-state index in [2.05, 4.69) is 21.3 Å². The molecule has 63 heavy (non-hydrogen) atoms. The number of aliphatic hydroxyl groups excluding tert-OH is 1. The first-order chi connectivity index (χ1) is 30.4. The number of alkyl carbamates (subject to hydrolysis) is 1. The number of carbonyl (C=O) groups is 5. The number of carbonyl (C=O) groups excluding carboxylic acids is 5. The molecular weight excluding hydrogens is 797 g/mol. The molecule has 0 saturated carbocycles. The molecule has 5 aromatic carbocycles. The number of ether oxygens (including phenoxy) is 2. The van der Waals surface area contributed by atoms with Gasteiger partial charge in [-0.2, -0.15) is 0 Å². The highest BCUT2D eigenvalue weighted by Gasteiger charge is 2.40. The van der Waals surface area contributed by atoms with Crippen molar-refractivity contribution in [2.24, 2.45) is 5.41 Å². The third kappa shape index (κ3) is 13.5. The van der Waals surface area contributed by atoms with E-state index in [-0.39, 0.29) is 38.4 Å². The van der Waals surface area contributed by atoms with Gasteiger partial charge in [-0.3, -0.25) is 14.4 Å². The molecule has 0 aromatic heterocycles. The minimum absolute atomic E-state index is 0.0473. The van der Waals surface area contributed by atoms with Crippen molar-refractivity contribution < 1.29 is 38.6 Å². The minimum Gasteiger partial charge on any atom is -0.463 e. The van der Waals surface area contributed by atoms with Crippen molar-refractivity contribution in [1.82, 2.24) is 21.3 Å². The highest BCUT2D eigenvalue weighted by atomic mass is 16.5. The molecule has 5 N–H and O–H groups in total. The number of nitrogens with one attached hydrogen (secondary N) is 4. The predicted octanol–water partition coefficient (Wildman–Crippen LogP) is 6.52. The zero-order valence-electron chi connectivity index (χ0n) is 35.9. The lowest BCUT2D eigenvalue weighted by atomic mass is 9.77. The predicted molar refractivity (Wildman–Crippen MR) is 241 cm³/mol. The molecule has 0 aliphatic rings. The van der Waals surface area contributed by atoms with Crippen LogP contribution in [0.3, 0.4) is 0 Å². The van der Waals surface area contributed by atoms with Gasteiger partial charge in [0, 0.05) is 30.4 Å². The van der Waals surface area contributed by atoms with E-state index in [1.807, 2.05) is 115 Å². The lowest BCUT2D eigenvalue weighted by Gasteiger charge is -2.37. The van der Waals surface area contributed by atoms with Gasteiger partial charge in [0.1, 0.15) is 24.2 Å². The summed E-state index contributed by atoms with van der Waals surface area (Å²) in [7, 11) is 0. The van der Waals surface area contributed by atoms with Gasteiger partial charge in [-0.15, -0.1) is 0 Å². The Labute approximate surface area is 369 Å². The summed E-state index contributed by atoms with van der Waals surface area (Å²) >= 11 is 0. The van der Waals surface area contributed by atoms with Crippen LogP contribution in [0, 0.1) is 5.41 Å². The topological polar surface area (TPSA) is 172 Å². The molecule has 3 atom stereocenters. The zero-order valence-corrected chi connectivity index (χ0v) is 35.9. The Morgan fingerprint density at radius 3 is 1.62 bits per heavy atom. The van der Waals surface area contributed by atoms with E-state index in [0.717, 1.165) is 27.8 Å². The van der Waals surface area contributed by atoms with Crippen LogP contribution >= 0.6 is 0 Å². The van der Waals surface area contributed by atoms with Crippen molar-refractivity contribution in [3.63, 3.8) is 0 Å². The van der Waals surface area contributed by atoms with Crippen molar-refractivity contribution in [2.45, 2.75) is 70.3 Å². The molecule has 5 rings (SSSR count). The molecule has 0 fully saturated rings. The summed E-state index contributed by atoms with van der Waals surface area (Å²) in [5.74, 6) is -2.32. The molecule has 328 valence electrons. The van der Waals surface area contributed by atoms with Crippen molar-refractivity contribution >= 4 is 29.8 Å². The standard InChI is InChI=1S/C51H56N4O8/c1-4-62-45(58)33-31-42(30-32-44(57)55-51(39-24-14-7-15-25-39,40-26-16-8-17-27-40)41-28-18-9-19-29-41)52-47(59)43(34-37-20-10-5-11-21-37)53-48(60)46(50(2,3)36-56)54-49(61)63-35-38-22-12-6-13-23-38/h5-29,31,33,42-43,46,56H,4,30,32,34-36H2,1-3H3,(H,52,59)(H,53,60)(H,54,61)(H,55,57)/b33-31+/t42-,43-,46+/m0/s1. The van der Waals surface area contributed by atoms with Gasteiger partial charge in [0.25, 0.3) is 0 Å². The van der Waals surface area contributed by atoms with Crippen LogP contribution in [-0.2, 0) is 47.2 Å². The zero-order chi connectivity index (χ0) is 45.1. The maximum absolute atomic E-state index is 14.4. The summed E-state index contributed by atoms with van der Waals surface area (Å²) in [5, 5.41) is 22.0. The van der Waals surface area contributed by atoms with Gasteiger partial charge < -0.3 is 35.8 Å². The third-order valence-corrected chi connectivity index (χ3v) is 10.6. The third-order valence-electron chi connectivity index (χ3n) is 10.6. The number of amides is 4. The average molecular weight is 853 g/mol. The maximum atomic E-state index is 14.4. The monoisotopic (exact) mass is 852 g/mol. The number of hydrogen-bond donors (Lipinski definition) is 5. The first-order valence-corrected chi connectivity index (χ1v) is 21.0. The van der Waals surface area contributed by atoms with Gasteiger partial charge in [-0.1, -0.05) is 172 Å². The van der Waals surface area contributed by atoms with Crippen LogP contribution in [0.25, 0.3) is 0 Å². The minimum atomic E-state index is -1.32. The number of rotatable bonds is 21. The number of benzene rings is 5. The molecule has 0 radical (unpaired) electrons. The second-order valence-corrected chi connectivity index (χ2v) is 15.7. The van der Waals surface area contributed by atoms with E-state index in [4.69, 9.17) is 9.47 Å². The second-order valence-electron chi connectivity index (χ2n) is 15.7. The van der Waals surface area contributed by atoms with E-state index >= 15 is 0 Å². The van der Waals surface area contributed by atoms with Crippen LogP contribution in [0.5, 0.6) is 0 Å². The van der Waals surface area contributed by atoms with Crippen molar-refractivity contribution in [3.8, 4) is 0 Å². The van der Waals surface area contributed by atoms with E-state index in [0.29, 0.717) is 0 Å². The average Bonchev–Trinajstić information content (AvgIpc) is 3.31. The van der Waals surface area contributed by atoms with Gasteiger partial charge in [0.2, 0.25) is 17.7 Å². The van der Waals surface area contributed by atoms with Gasteiger partial charge >= 0.3 is 12.1 Å². The fourth-order valence-electron chi connectivity index (χ4n) is 7.13. The van der Waals surface area contributed by atoms with Gasteiger partial charge in [0.05, 0.1) is 13.2 Å². The van der Waals surface area contributed by atoms with Crippen molar-refractivity contribution in [3.05, 3.63) is 192 Å². The number of esters is 1. The first kappa shape index (κ1) is 47.0. The van der Waals surface area contributed by atoms with Crippen LogP contribution in [-0.4, -0.2) is 66.2 Å². The van der Waals surface area contributed by atoms with Crippen molar-refractivity contribution in [1.29, 1.82) is 0 Å². The van der Waals surface area contributed by atoms with Crippen LogP contribution in [0.1, 0.15) is 61.4 Å². The van der Waals surface area contributed by atoms with Crippen LogP contribution in [0.4, 0.5) is 4.79 Å². The molecule has 0 spiro atoms. The highest BCUT2D eigenvalue weighted by molar-refractivity contribution is 5.92. The maximum Gasteiger partial charge on any atom is 0.408 e. The Hall–Kier alpha value is -7.05. The molecule has 0 bridgehead atoms. The Morgan fingerprint density at radius 1 is 0.635 bits per heavy atom. The Kier molecular flexibility index (Phi) is 17.3. The summed E-state index contributed by atoms with van der Waals surface area (Å²) in [6, 6.07) is 43.7. The fraction of sp³-hybridized carbons (Fsp3) is 0.275. The highest BCUT2D eigenvalue weighted by Crippen LogP contribution is 2.37. The Morgan fingerprint density at radius 2 is 1.13 bits per heavy atom. The SMILES string of the molecule is CCOC(=O)/C=C/[C@H](CCC(=O)NC(c1ccccc1)(c1ccccc1)c1ccccc1)NC(=O)[C@H](Cc1ccccc1)NC(=O)[C@@H](NC(=O)OCc1ccccc1)C(C)(C)CO. The molecule has 0 aliphatic heterocycles. The summed E-state index contributed by atoms with van der Waals surface area (Å²) in [6.45, 7) is 4.47. The number of hydrogen-bond acceptors (Lipinski definition) is 8. The quantitative estimate of drug-likeness (QED) is 0.0316. The lowest BCUT2D eigenvalue weighted by molar-refractivity contribution is -0.137. The molecule has 0 unspecified atom stereocenters. The largest absolute Gasteiger partial charge is 0.463 e. The van der Waals surface area contributed by atoms with Crippen molar-refractivity contribution in [2.75, 3.05) is 13.2 Å².